The van der Waals surface area contributed by atoms with Crippen molar-refractivity contribution in [1.29, 1.82) is 0 Å². The summed E-state index contributed by atoms with van der Waals surface area (Å²) in [6.45, 7) is 4.43. The van der Waals surface area contributed by atoms with Crippen molar-refractivity contribution in [2.45, 2.75) is 58.5 Å². The number of hydrogen-bond donors (Lipinski definition) is 2. The predicted octanol–water partition coefficient (Wildman–Crippen LogP) is 3.77. The molecule has 0 bridgehead atoms. The minimum Gasteiger partial charge on any atom is -0.351 e. The highest BCUT2D eigenvalue weighted by Crippen LogP contribution is 2.20. The Balaban J connectivity index is 1.65. The molecule has 3 rings (SSSR count). The monoisotopic (exact) mass is 338 g/mol. The van der Waals surface area contributed by atoms with Crippen LogP contribution in [0.2, 0.25) is 0 Å². The molecule has 1 aliphatic carbocycles. The van der Waals surface area contributed by atoms with Gasteiger partial charge in [-0.25, -0.2) is 9.97 Å². The Hall–Kier alpha value is -2.43. The summed E-state index contributed by atoms with van der Waals surface area (Å²) in [7, 11) is 0. The molecule has 132 valence electrons. The maximum Gasteiger partial charge on any atom is 0.270 e. The number of nitrogens with one attached hydrogen (secondary N) is 2. The molecule has 1 aromatic heterocycles. The van der Waals surface area contributed by atoms with Gasteiger partial charge in [0.1, 0.15) is 5.69 Å². The molecule has 1 aliphatic rings. The number of amides is 1. The molecule has 0 aliphatic heterocycles. The topological polar surface area (TPSA) is 66.9 Å². The molecule has 2 N–H and O–H groups in total. The Morgan fingerprint density at radius 1 is 1.12 bits per heavy atom. The fourth-order valence-corrected chi connectivity index (χ4v) is 3.27. The Labute approximate surface area is 149 Å². The van der Waals surface area contributed by atoms with Crippen molar-refractivity contribution < 1.29 is 4.79 Å². The summed E-state index contributed by atoms with van der Waals surface area (Å²) < 4.78 is 0. The van der Waals surface area contributed by atoms with Crippen LogP contribution in [0.5, 0.6) is 0 Å². The van der Waals surface area contributed by atoms with Crippen molar-refractivity contribution in [3.05, 3.63) is 52.8 Å². The first kappa shape index (κ1) is 17.4. The molecule has 1 aromatic carbocycles. The zero-order valence-electron chi connectivity index (χ0n) is 15.0. The first-order valence-electron chi connectivity index (χ1n) is 9.06. The number of rotatable bonds is 5. The molecule has 2 aromatic rings. The van der Waals surface area contributed by atoms with E-state index in [2.05, 4.69) is 26.7 Å². The normalized spacial score (nSPS) is 15.0. The van der Waals surface area contributed by atoms with Gasteiger partial charge in [0.25, 0.3) is 5.91 Å². The lowest BCUT2D eigenvalue weighted by atomic mass is 9.96. The van der Waals surface area contributed by atoms with E-state index in [0.29, 0.717) is 24.2 Å². The summed E-state index contributed by atoms with van der Waals surface area (Å²) in [5.74, 6) is 0.395. The first-order valence-corrected chi connectivity index (χ1v) is 9.06. The third kappa shape index (κ3) is 5.02. The molecule has 1 saturated carbocycles. The molecule has 1 amide bonds. The van der Waals surface area contributed by atoms with Crippen molar-refractivity contribution in [3.63, 3.8) is 0 Å². The van der Waals surface area contributed by atoms with Crippen LogP contribution in [0, 0.1) is 13.8 Å². The highest BCUT2D eigenvalue weighted by Gasteiger charge is 2.16. The number of carbonyl (C=O) groups excluding carboxylic acids is 1. The van der Waals surface area contributed by atoms with E-state index < -0.39 is 0 Å². The highest BCUT2D eigenvalue weighted by atomic mass is 16.1. The van der Waals surface area contributed by atoms with Crippen LogP contribution in [-0.2, 0) is 6.54 Å². The van der Waals surface area contributed by atoms with Crippen molar-refractivity contribution in [2.75, 3.05) is 5.32 Å². The van der Waals surface area contributed by atoms with Crippen LogP contribution in [0.15, 0.2) is 30.3 Å². The van der Waals surface area contributed by atoms with Gasteiger partial charge in [0.15, 0.2) is 0 Å². The van der Waals surface area contributed by atoms with Crippen molar-refractivity contribution in [1.82, 2.24) is 15.3 Å². The lowest BCUT2D eigenvalue weighted by Crippen LogP contribution is -2.27. The van der Waals surface area contributed by atoms with Gasteiger partial charge in [-0.05, 0) is 38.3 Å². The third-order valence-electron chi connectivity index (χ3n) is 4.56. The quantitative estimate of drug-likeness (QED) is 0.871. The van der Waals surface area contributed by atoms with Gasteiger partial charge >= 0.3 is 0 Å². The Bertz CT molecular complexity index is 738. The fraction of sp³-hybridized carbons (Fsp3) is 0.450. The molecule has 0 radical (unpaired) electrons. The minimum atomic E-state index is -0.168. The van der Waals surface area contributed by atoms with Crippen molar-refractivity contribution in [3.8, 4) is 0 Å². The van der Waals surface area contributed by atoms with E-state index in [9.17, 15) is 4.79 Å². The van der Waals surface area contributed by atoms with Crippen LogP contribution in [0.3, 0.4) is 0 Å². The van der Waals surface area contributed by atoms with Gasteiger partial charge in [0.05, 0.1) is 0 Å². The van der Waals surface area contributed by atoms with Gasteiger partial charge < -0.3 is 10.6 Å². The second-order valence-electron chi connectivity index (χ2n) is 6.87. The van der Waals surface area contributed by atoms with Gasteiger partial charge in [0.2, 0.25) is 5.95 Å². The van der Waals surface area contributed by atoms with E-state index in [0.717, 1.165) is 24.1 Å². The largest absolute Gasteiger partial charge is 0.351 e. The first-order chi connectivity index (χ1) is 12.1. The van der Waals surface area contributed by atoms with Crippen LogP contribution >= 0.6 is 0 Å². The molecule has 25 heavy (non-hydrogen) atoms. The van der Waals surface area contributed by atoms with E-state index >= 15 is 0 Å². The molecular weight excluding hydrogens is 312 g/mol. The average molecular weight is 338 g/mol. The molecule has 1 fully saturated rings. The third-order valence-corrected chi connectivity index (χ3v) is 4.56. The average Bonchev–Trinajstić information content (AvgIpc) is 2.60. The van der Waals surface area contributed by atoms with Crippen LogP contribution in [0.25, 0.3) is 0 Å². The van der Waals surface area contributed by atoms with E-state index in [-0.39, 0.29) is 5.91 Å². The molecule has 5 heteroatoms. The van der Waals surface area contributed by atoms with Crippen LogP contribution < -0.4 is 10.6 Å². The summed E-state index contributed by atoms with van der Waals surface area (Å²) in [6.07, 6.45) is 6.08. The van der Waals surface area contributed by atoms with Gasteiger partial charge in [-0.15, -0.1) is 0 Å². The van der Waals surface area contributed by atoms with Crippen molar-refractivity contribution in [2.24, 2.45) is 0 Å². The summed E-state index contributed by atoms with van der Waals surface area (Å²) >= 11 is 0. The smallest absolute Gasteiger partial charge is 0.270 e. The predicted molar refractivity (Wildman–Crippen MR) is 99.6 cm³/mol. The number of aromatic nitrogens is 2. The van der Waals surface area contributed by atoms with Gasteiger partial charge in [0, 0.05) is 18.3 Å². The van der Waals surface area contributed by atoms with E-state index in [1.165, 1.54) is 24.8 Å². The van der Waals surface area contributed by atoms with Crippen molar-refractivity contribution >= 4 is 11.9 Å². The van der Waals surface area contributed by atoms with Gasteiger partial charge in [-0.1, -0.05) is 49.1 Å². The van der Waals surface area contributed by atoms with E-state index in [4.69, 9.17) is 0 Å². The highest BCUT2D eigenvalue weighted by molar-refractivity contribution is 5.92. The molecular formula is C20H26N4O. The van der Waals surface area contributed by atoms with E-state index in [1.54, 1.807) is 6.07 Å². The summed E-state index contributed by atoms with van der Waals surface area (Å²) in [4.78, 5) is 21.3. The summed E-state index contributed by atoms with van der Waals surface area (Å²) in [6, 6.07) is 10.3. The fourth-order valence-electron chi connectivity index (χ4n) is 3.27. The second kappa shape index (κ2) is 8.10. The number of anilines is 1. The Morgan fingerprint density at radius 2 is 1.92 bits per heavy atom. The molecule has 5 nitrogen and oxygen atoms in total. The standard InChI is InChI=1S/C20H26N4O/c1-14-7-6-8-16(11-14)13-21-19(25)18-12-15(2)22-20(24-18)23-17-9-4-3-5-10-17/h6-8,11-12,17H,3-5,9-10,13H2,1-2H3,(H,21,25)(H,22,23,24). The molecule has 0 unspecified atom stereocenters. The maximum atomic E-state index is 12.5. The SMILES string of the molecule is Cc1cccc(CNC(=O)c2cc(C)nc(NC3CCCCC3)n2)c1. The molecule has 1 heterocycles. The number of benzene rings is 1. The minimum absolute atomic E-state index is 0.168. The number of carbonyl (C=O) groups is 1. The lowest BCUT2D eigenvalue weighted by molar-refractivity contribution is 0.0945. The summed E-state index contributed by atoms with van der Waals surface area (Å²) in [5, 5.41) is 6.34. The Morgan fingerprint density at radius 3 is 2.68 bits per heavy atom. The Kier molecular flexibility index (Phi) is 5.64. The number of hydrogen-bond acceptors (Lipinski definition) is 4. The zero-order chi connectivity index (χ0) is 17.6. The maximum absolute atomic E-state index is 12.5. The van der Waals surface area contributed by atoms with Crippen LogP contribution in [0.1, 0.15) is 59.4 Å². The van der Waals surface area contributed by atoms with Crippen LogP contribution in [0.4, 0.5) is 5.95 Å². The van der Waals surface area contributed by atoms with Crippen LogP contribution in [-0.4, -0.2) is 21.9 Å². The summed E-state index contributed by atoms with van der Waals surface area (Å²) in [5.41, 5.74) is 3.48. The van der Waals surface area contributed by atoms with Gasteiger partial charge in [-0.2, -0.15) is 0 Å². The molecule has 0 atom stereocenters. The second-order valence-corrected chi connectivity index (χ2v) is 6.87. The molecule has 0 spiro atoms. The van der Waals surface area contributed by atoms with E-state index in [1.807, 2.05) is 32.0 Å². The number of nitrogens with zero attached hydrogens (tertiary/aromatic N) is 2. The molecule has 0 saturated heterocycles. The number of aryl methyl sites for hydroxylation is 2. The van der Waals surface area contributed by atoms with Gasteiger partial charge in [-0.3, -0.25) is 4.79 Å². The zero-order valence-corrected chi connectivity index (χ0v) is 15.0. The lowest BCUT2D eigenvalue weighted by Gasteiger charge is -2.23.